The van der Waals surface area contributed by atoms with E-state index in [0.29, 0.717) is 16.8 Å². The van der Waals surface area contributed by atoms with E-state index in [2.05, 4.69) is 10.8 Å². The number of benzene rings is 2. The molecule has 0 bridgehead atoms. The molecule has 21 heavy (non-hydrogen) atoms. The average Bonchev–Trinajstić information content (AvgIpc) is 2.53. The minimum atomic E-state index is -0.422. The third kappa shape index (κ3) is 2.95. The third-order valence-corrected chi connectivity index (χ3v) is 3.19. The standard InChI is InChI=1S/C16H15N3O2/c1-19(13-6-3-11(10-17)4-7-13)15-8-5-12(9-14(15)18)16(20)21-2/h3-9H,18H2,1-2H3. The maximum absolute atomic E-state index is 11.5. The first kappa shape index (κ1) is 14.4. The molecule has 0 fully saturated rings. The van der Waals surface area contributed by atoms with Crippen LogP contribution in [-0.2, 0) is 4.74 Å². The van der Waals surface area contributed by atoms with E-state index >= 15 is 0 Å². The molecule has 2 aromatic rings. The van der Waals surface area contributed by atoms with Gasteiger partial charge in [0.15, 0.2) is 0 Å². The molecule has 2 N–H and O–H groups in total. The Morgan fingerprint density at radius 2 is 1.90 bits per heavy atom. The lowest BCUT2D eigenvalue weighted by atomic mass is 10.1. The summed E-state index contributed by atoms with van der Waals surface area (Å²) in [7, 11) is 3.19. The molecular formula is C16H15N3O2. The van der Waals surface area contributed by atoms with Crippen LogP contribution in [0.5, 0.6) is 0 Å². The van der Waals surface area contributed by atoms with E-state index in [1.54, 1.807) is 30.3 Å². The molecule has 0 amide bonds. The van der Waals surface area contributed by atoms with Gasteiger partial charge >= 0.3 is 5.97 Å². The second-order valence-electron chi connectivity index (χ2n) is 4.48. The highest BCUT2D eigenvalue weighted by Gasteiger charge is 2.11. The number of nitrogens with zero attached hydrogens (tertiary/aromatic N) is 2. The number of carbonyl (C=O) groups excluding carboxylic acids is 1. The number of nitrogens with two attached hydrogens (primary N) is 1. The summed E-state index contributed by atoms with van der Waals surface area (Å²) < 4.78 is 4.66. The van der Waals surface area contributed by atoms with Crippen molar-refractivity contribution in [2.24, 2.45) is 0 Å². The normalized spacial score (nSPS) is 9.76. The summed E-state index contributed by atoms with van der Waals surface area (Å²) in [5.74, 6) is -0.422. The Hall–Kier alpha value is -3.00. The summed E-state index contributed by atoms with van der Waals surface area (Å²) in [6.07, 6.45) is 0. The Kier molecular flexibility index (Phi) is 4.10. The molecule has 0 aliphatic carbocycles. The molecule has 2 aromatic carbocycles. The number of nitriles is 1. The first-order valence-corrected chi connectivity index (χ1v) is 6.28. The van der Waals surface area contributed by atoms with Crippen LogP contribution in [-0.4, -0.2) is 20.1 Å². The largest absolute Gasteiger partial charge is 0.465 e. The second-order valence-corrected chi connectivity index (χ2v) is 4.48. The van der Waals surface area contributed by atoms with Crippen molar-refractivity contribution in [3.63, 3.8) is 0 Å². The molecule has 0 spiro atoms. The predicted octanol–water partition coefficient (Wildman–Crippen LogP) is 2.69. The fourth-order valence-electron chi connectivity index (χ4n) is 2.00. The van der Waals surface area contributed by atoms with Gasteiger partial charge in [-0.1, -0.05) is 0 Å². The molecule has 0 saturated carbocycles. The summed E-state index contributed by atoms with van der Waals surface area (Å²) in [5.41, 5.74) is 9.16. The summed E-state index contributed by atoms with van der Waals surface area (Å²) in [4.78, 5) is 13.4. The molecule has 0 unspecified atom stereocenters. The Labute approximate surface area is 123 Å². The summed E-state index contributed by atoms with van der Waals surface area (Å²) in [6, 6.07) is 14.2. The van der Waals surface area contributed by atoms with Gasteiger partial charge in [0.25, 0.3) is 0 Å². The van der Waals surface area contributed by atoms with E-state index in [1.165, 1.54) is 7.11 Å². The van der Waals surface area contributed by atoms with Gasteiger partial charge in [-0.25, -0.2) is 4.79 Å². The lowest BCUT2D eigenvalue weighted by molar-refractivity contribution is 0.0601. The molecule has 0 aliphatic rings. The highest BCUT2D eigenvalue weighted by molar-refractivity contribution is 5.92. The summed E-state index contributed by atoms with van der Waals surface area (Å²) >= 11 is 0. The summed E-state index contributed by atoms with van der Waals surface area (Å²) in [6.45, 7) is 0. The first-order valence-electron chi connectivity index (χ1n) is 6.28. The lowest BCUT2D eigenvalue weighted by Crippen LogP contribution is -2.12. The number of carbonyl (C=O) groups is 1. The van der Waals surface area contributed by atoms with Crippen molar-refractivity contribution in [2.75, 3.05) is 24.8 Å². The molecule has 106 valence electrons. The van der Waals surface area contributed by atoms with Gasteiger partial charge in [0, 0.05) is 12.7 Å². The van der Waals surface area contributed by atoms with Gasteiger partial charge in [-0.15, -0.1) is 0 Å². The van der Waals surface area contributed by atoms with Crippen LogP contribution in [0.3, 0.4) is 0 Å². The van der Waals surface area contributed by atoms with Gasteiger partial charge in [-0.3, -0.25) is 0 Å². The minimum absolute atomic E-state index is 0.409. The number of ether oxygens (including phenoxy) is 1. The van der Waals surface area contributed by atoms with Gasteiger partial charge in [0.1, 0.15) is 0 Å². The molecule has 5 nitrogen and oxygen atoms in total. The lowest BCUT2D eigenvalue weighted by Gasteiger charge is -2.21. The Morgan fingerprint density at radius 1 is 1.24 bits per heavy atom. The smallest absolute Gasteiger partial charge is 0.337 e. The van der Waals surface area contributed by atoms with Crippen molar-refractivity contribution in [1.29, 1.82) is 5.26 Å². The molecular weight excluding hydrogens is 266 g/mol. The van der Waals surface area contributed by atoms with E-state index in [4.69, 9.17) is 11.0 Å². The topological polar surface area (TPSA) is 79.3 Å². The average molecular weight is 281 g/mol. The fourth-order valence-corrected chi connectivity index (χ4v) is 2.00. The van der Waals surface area contributed by atoms with Crippen LogP contribution in [0.15, 0.2) is 42.5 Å². The monoisotopic (exact) mass is 281 g/mol. The third-order valence-electron chi connectivity index (χ3n) is 3.19. The highest BCUT2D eigenvalue weighted by Crippen LogP contribution is 2.29. The van der Waals surface area contributed by atoms with E-state index in [9.17, 15) is 4.79 Å². The maximum atomic E-state index is 11.5. The number of anilines is 3. The van der Waals surface area contributed by atoms with Gasteiger partial charge in [0.05, 0.1) is 35.7 Å². The zero-order valence-corrected chi connectivity index (χ0v) is 11.8. The van der Waals surface area contributed by atoms with Crippen molar-refractivity contribution in [3.05, 3.63) is 53.6 Å². The van der Waals surface area contributed by atoms with Crippen LogP contribution in [0.25, 0.3) is 0 Å². The van der Waals surface area contributed by atoms with Gasteiger partial charge < -0.3 is 15.4 Å². The molecule has 0 aromatic heterocycles. The van der Waals surface area contributed by atoms with Crippen molar-refractivity contribution in [2.45, 2.75) is 0 Å². The molecule has 2 rings (SSSR count). The van der Waals surface area contributed by atoms with Gasteiger partial charge in [0.2, 0.25) is 0 Å². The minimum Gasteiger partial charge on any atom is -0.465 e. The Morgan fingerprint density at radius 3 is 2.43 bits per heavy atom. The highest BCUT2D eigenvalue weighted by atomic mass is 16.5. The van der Waals surface area contributed by atoms with Crippen LogP contribution in [0.2, 0.25) is 0 Å². The number of rotatable bonds is 3. The van der Waals surface area contributed by atoms with Crippen LogP contribution < -0.4 is 10.6 Å². The Balaban J connectivity index is 2.32. The predicted molar refractivity (Wildman–Crippen MR) is 81.4 cm³/mol. The molecule has 5 heteroatoms. The number of methoxy groups -OCH3 is 1. The quantitative estimate of drug-likeness (QED) is 0.691. The molecule has 0 heterocycles. The molecule has 0 saturated heterocycles. The van der Waals surface area contributed by atoms with Gasteiger partial charge in [-0.05, 0) is 42.5 Å². The number of esters is 1. The van der Waals surface area contributed by atoms with Crippen molar-refractivity contribution in [3.8, 4) is 6.07 Å². The van der Waals surface area contributed by atoms with Gasteiger partial charge in [-0.2, -0.15) is 5.26 Å². The zero-order valence-electron chi connectivity index (χ0n) is 11.8. The zero-order chi connectivity index (χ0) is 15.4. The van der Waals surface area contributed by atoms with E-state index in [0.717, 1.165) is 11.4 Å². The van der Waals surface area contributed by atoms with E-state index in [-0.39, 0.29) is 0 Å². The number of hydrogen-bond donors (Lipinski definition) is 1. The Bertz CT molecular complexity index is 702. The SMILES string of the molecule is COC(=O)c1ccc(N(C)c2ccc(C#N)cc2)c(N)c1. The number of hydrogen-bond acceptors (Lipinski definition) is 5. The second kappa shape index (κ2) is 5.97. The maximum Gasteiger partial charge on any atom is 0.337 e. The van der Waals surface area contributed by atoms with Crippen LogP contribution in [0.4, 0.5) is 17.1 Å². The number of nitrogen functional groups attached to an aromatic ring is 1. The van der Waals surface area contributed by atoms with E-state index in [1.807, 2.05) is 24.1 Å². The fraction of sp³-hybridized carbons (Fsp3) is 0.125. The molecule has 0 atom stereocenters. The van der Waals surface area contributed by atoms with Crippen molar-refractivity contribution >= 4 is 23.0 Å². The first-order chi connectivity index (χ1) is 10.1. The van der Waals surface area contributed by atoms with Crippen LogP contribution in [0.1, 0.15) is 15.9 Å². The van der Waals surface area contributed by atoms with Crippen molar-refractivity contribution in [1.82, 2.24) is 0 Å². The summed E-state index contributed by atoms with van der Waals surface area (Å²) in [5, 5.41) is 8.81. The molecule has 0 aliphatic heterocycles. The van der Waals surface area contributed by atoms with Crippen LogP contribution >= 0.6 is 0 Å². The van der Waals surface area contributed by atoms with E-state index < -0.39 is 5.97 Å². The van der Waals surface area contributed by atoms with Crippen molar-refractivity contribution < 1.29 is 9.53 Å². The molecule has 0 radical (unpaired) electrons. The van der Waals surface area contributed by atoms with Crippen LogP contribution in [0, 0.1) is 11.3 Å².